The third kappa shape index (κ3) is 5.23. The number of rotatable bonds is 7. The summed E-state index contributed by atoms with van der Waals surface area (Å²) in [7, 11) is 0. The van der Waals surface area contributed by atoms with Crippen LogP contribution in [0.15, 0.2) is 89.9 Å². The van der Waals surface area contributed by atoms with E-state index in [9.17, 15) is 4.79 Å². The molecule has 0 saturated carbocycles. The Kier molecular flexibility index (Phi) is 6.54. The number of nitrogens with one attached hydrogen (secondary N) is 3. The molecule has 0 bridgehead atoms. The second kappa shape index (κ2) is 10.2. The summed E-state index contributed by atoms with van der Waals surface area (Å²) in [5.41, 5.74) is 3.73. The third-order valence-corrected chi connectivity index (χ3v) is 5.66. The highest BCUT2D eigenvalue weighted by Crippen LogP contribution is 2.38. The summed E-state index contributed by atoms with van der Waals surface area (Å²) < 4.78 is 5.87. The van der Waals surface area contributed by atoms with Gasteiger partial charge in [-0.05, 0) is 48.4 Å². The van der Waals surface area contributed by atoms with Crippen molar-refractivity contribution in [2.45, 2.75) is 6.42 Å². The quantitative estimate of drug-likeness (QED) is 0.252. The second-order valence-corrected chi connectivity index (χ2v) is 8.09. The van der Waals surface area contributed by atoms with Crippen molar-refractivity contribution in [2.24, 2.45) is 0 Å². The molecule has 9 heteroatoms. The summed E-state index contributed by atoms with van der Waals surface area (Å²) in [6.45, 7) is 0.622. The maximum atomic E-state index is 12.2. The van der Waals surface area contributed by atoms with Gasteiger partial charge in [-0.25, -0.2) is 14.8 Å². The lowest BCUT2D eigenvalue weighted by Gasteiger charge is -2.09. The number of urea groups is 1. The number of fused-ring (bicyclic) bond motifs is 1. The van der Waals surface area contributed by atoms with Crippen molar-refractivity contribution in [2.75, 3.05) is 22.5 Å². The fraction of sp³-hybridized carbons (Fsp3) is 0.0769. The van der Waals surface area contributed by atoms with Crippen molar-refractivity contribution in [3.63, 3.8) is 0 Å². The number of amides is 2. The van der Waals surface area contributed by atoms with Crippen LogP contribution in [-0.2, 0) is 6.42 Å². The Morgan fingerprint density at radius 2 is 1.69 bits per heavy atom. The van der Waals surface area contributed by atoms with Crippen LogP contribution in [0.5, 0.6) is 0 Å². The maximum Gasteiger partial charge on any atom is 0.323 e. The molecule has 0 radical (unpaired) electrons. The van der Waals surface area contributed by atoms with Gasteiger partial charge in [0.2, 0.25) is 5.71 Å². The summed E-state index contributed by atoms with van der Waals surface area (Å²) in [5.74, 6) is 1.12. The minimum Gasteiger partial charge on any atom is -0.436 e. The Morgan fingerprint density at radius 1 is 0.914 bits per heavy atom. The highest BCUT2D eigenvalue weighted by molar-refractivity contribution is 6.38. The minimum atomic E-state index is -0.291. The fourth-order valence-corrected chi connectivity index (χ4v) is 3.93. The van der Waals surface area contributed by atoms with E-state index in [-0.39, 0.29) is 6.03 Å². The summed E-state index contributed by atoms with van der Waals surface area (Å²) in [6, 6.07) is 20.4. The number of carbonyl (C=O) groups excluding carboxylic acids is 1. The Hall–Kier alpha value is -4.43. The van der Waals surface area contributed by atoms with Crippen LogP contribution in [0, 0.1) is 0 Å². The molecule has 174 valence electrons. The first-order valence-corrected chi connectivity index (χ1v) is 11.3. The third-order valence-electron chi connectivity index (χ3n) is 5.30. The predicted molar refractivity (Wildman–Crippen MR) is 138 cm³/mol. The number of furan rings is 1. The van der Waals surface area contributed by atoms with Crippen LogP contribution in [0.2, 0.25) is 5.02 Å². The first kappa shape index (κ1) is 22.4. The lowest BCUT2D eigenvalue weighted by molar-refractivity contribution is 0.262. The van der Waals surface area contributed by atoms with E-state index in [1.807, 2.05) is 66.7 Å². The smallest absolute Gasteiger partial charge is 0.323 e. The van der Waals surface area contributed by atoms with Crippen molar-refractivity contribution in [1.29, 1.82) is 0 Å². The van der Waals surface area contributed by atoms with Crippen molar-refractivity contribution in [3.05, 3.63) is 96.0 Å². The number of hydrogen-bond donors (Lipinski definition) is 3. The van der Waals surface area contributed by atoms with E-state index in [2.05, 4.69) is 30.9 Å². The van der Waals surface area contributed by atoms with Crippen LogP contribution in [0.1, 0.15) is 5.56 Å². The molecule has 3 N–H and O–H groups in total. The molecule has 5 aromatic rings. The number of benzene rings is 2. The molecule has 2 amide bonds. The standard InChI is InChI=1S/C26H21ClN6O2/c27-22-21-24(30-16-31-25(21)35-23(22)18-5-4-13-28-15-18)29-14-12-17-8-10-20(11-9-17)33-26(34)32-19-6-2-1-3-7-19/h1-11,13,15-16H,12,14H2,(H,29,30,31)(H2,32,33,34). The monoisotopic (exact) mass is 484 g/mol. The van der Waals surface area contributed by atoms with E-state index >= 15 is 0 Å². The molecular formula is C26H21ClN6O2. The van der Waals surface area contributed by atoms with E-state index in [4.69, 9.17) is 16.0 Å². The van der Waals surface area contributed by atoms with Gasteiger partial charge in [0.25, 0.3) is 0 Å². The van der Waals surface area contributed by atoms with Gasteiger partial charge in [0, 0.05) is 35.9 Å². The molecule has 0 spiro atoms. The van der Waals surface area contributed by atoms with Crippen molar-refractivity contribution >= 4 is 45.9 Å². The highest BCUT2D eigenvalue weighted by atomic mass is 35.5. The van der Waals surface area contributed by atoms with E-state index in [0.717, 1.165) is 23.2 Å². The first-order chi connectivity index (χ1) is 17.2. The molecule has 3 heterocycles. The van der Waals surface area contributed by atoms with Gasteiger partial charge in [-0.1, -0.05) is 41.9 Å². The zero-order valence-electron chi connectivity index (χ0n) is 18.5. The van der Waals surface area contributed by atoms with Gasteiger partial charge < -0.3 is 20.4 Å². The molecule has 0 aliphatic rings. The zero-order valence-corrected chi connectivity index (χ0v) is 19.3. The van der Waals surface area contributed by atoms with Crippen LogP contribution < -0.4 is 16.0 Å². The largest absolute Gasteiger partial charge is 0.436 e. The number of nitrogens with zero attached hydrogens (tertiary/aromatic N) is 3. The summed E-state index contributed by atoms with van der Waals surface area (Å²) in [5, 5.41) is 10.0. The van der Waals surface area contributed by atoms with Crippen LogP contribution in [0.25, 0.3) is 22.4 Å². The second-order valence-electron chi connectivity index (χ2n) is 7.71. The molecule has 35 heavy (non-hydrogen) atoms. The lowest BCUT2D eigenvalue weighted by Crippen LogP contribution is -2.19. The summed E-state index contributed by atoms with van der Waals surface area (Å²) in [4.78, 5) is 24.8. The zero-order chi connectivity index (χ0) is 24.0. The van der Waals surface area contributed by atoms with Crippen molar-refractivity contribution < 1.29 is 9.21 Å². The summed E-state index contributed by atoms with van der Waals surface area (Å²) >= 11 is 6.62. The molecule has 0 aliphatic heterocycles. The van der Waals surface area contributed by atoms with E-state index < -0.39 is 0 Å². The van der Waals surface area contributed by atoms with E-state index in [0.29, 0.717) is 39.9 Å². The number of pyridine rings is 1. The maximum absolute atomic E-state index is 12.2. The van der Waals surface area contributed by atoms with E-state index in [1.54, 1.807) is 12.4 Å². The predicted octanol–water partition coefficient (Wildman–Crippen LogP) is 6.24. The number of halogens is 1. The average molecular weight is 485 g/mol. The number of hydrogen-bond acceptors (Lipinski definition) is 6. The molecule has 5 rings (SSSR count). The van der Waals surface area contributed by atoms with Crippen molar-refractivity contribution in [3.8, 4) is 11.3 Å². The Labute approximate surface area is 206 Å². The SMILES string of the molecule is O=C(Nc1ccccc1)Nc1ccc(CCNc2ncnc3oc(-c4cccnc4)c(Cl)c23)cc1. The van der Waals surface area contributed by atoms with Gasteiger partial charge in [0.05, 0.1) is 0 Å². The number of aromatic nitrogens is 3. The molecule has 8 nitrogen and oxygen atoms in total. The topological polar surface area (TPSA) is 105 Å². The number of carbonyl (C=O) groups is 1. The van der Waals surface area contributed by atoms with Crippen molar-refractivity contribution in [1.82, 2.24) is 15.0 Å². The van der Waals surface area contributed by atoms with Gasteiger partial charge in [0.1, 0.15) is 22.6 Å². The lowest BCUT2D eigenvalue weighted by atomic mass is 10.1. The van der Waals surface area contributed by atoms with Crippen LogP contribution in [0.3, 0.4) is 0 Å². The molecule has 0 atom stereocenters. The molecule has 3 aromatic heterocycles. The molecule has 0 unspecified atom stereocenters. The molecule has 0 aliphatic carbocycles. The van der Waals surface area contributed by atoms with Crippen LogP contribution >= 0.6 is 11.6 Å². The molecular weight excluding hydrogens is 464 g/mol. The average Bonchev–Trinajstić information content (AvgIpc) is 3.23. The van der Waals surface area contributed by atoms with Gasteiger partial charge >= 0.3 is 6.03 Å². The fourth-order valence-electron chi connectivity index (χ4n) is 3.61. The van der Waals surface area contributed by atoms with Gasteiger partial charge in [0.15, 0.2) is 5.76 Å². The Bertz CT molecular complexity index is 1440. The van der Waals surface area contributed by atoms with Gasteiger partial charge in [-0.3, -0.25) is 4.98 Å². The molecule has 0 fully saturated rings. The van der Waals surface area contributed by atoms with Crippen LogP contribution in [-0.4, -0.2) is 27.5 Å². The Morgan fingerprint density at radius 3 is 2.43 bits per heavy atom. The molecule has 0 saturated heterocycles. The van der Waals surface area contributed by atoms with Gasteiger partial charge in [-0.2, -0.15) is 0 Å². The number of anilines is 3. The van der Waals surface area contributed by atoms with Gasteiger partial charge in [-0.15, -0.1) is 0 Å². The highest BCUT2D eigenvalue weighted by Gasteiger charge is 2.19. The normalized spacial score (nSPS) is 10.8. The first-order valence-electron chi connectivity index (χ1n) is 11.0. The molecule has 2 aromatic carbocycles. The van der Waals surface area contributed by atoms with E-state index in [1.165, 1.54) is 6.33 Å². The minimum absolute atomic E-state index is 0.291. The summed E-state index contributed by atoms with van der Waals surface area (Å²) in [6.07, 6.45) is 5.56. The Balaban J connectivity index is 1.20. The number of para-hydroxylation sites is 1. The van der Waals surface area contributed by atoms with Crippen LogP contribution in [0.4, 0.5) is 22.0 Å².